The third kappa shape index (κ3) is 2.69. The summed E-state index contributed by atoms with van der Waals surface area (Å²) in [6, 6.07) is 2.71. The fourth-order valence-electron chi connectivity index (χ4n) is 3.18. The molecule has 1 aromatic heterocycles. The van der Waals surface area contributed by atoms with E-state index >= 15 is 0 Å². The Bertz CT molecular complexity index is 462. The number of rotatable bonds is 1. The number of carbonyl (C=O) groups is 1. The van der Waals surface area contributed by atoms with Gasteiger partial charge in [-0.1, -0.05) is 0 Å². The summed E-state index contributed by atoms with van der Waals surface area (Å²) in [4.78, 5) is 14.8. The van der Waals surface area contributed by atoms with Crippen molar-refractivity contribution in [1.82, 2.24) is 14.8 Å². The van der Waals surface area contributed by atoms with Gasteiger partial charge in [0.15, 0.2) is 0 Å². The second kappa shape index (κ2) is 5.85. The van der Waals surface area contributed by atoms with E-state index in [-0.39, 0.29) is 18.3 Å². The second-order valence-corrected chi connectivity index (χ2v) is 6.16. The van der Waals surface area contributed by atoms with Crippen LogP contribution in [0.15, 0.2) is 16.7 Å². The van der Waals surface area contributed by atoms with Gasteiger partial charge in [-0.25, -0.2) is 0 Å². The van der Waals surface area contributed by atoms with Crippen LogP contribution in [0.4, 0.5) is 0 Å². The highest BCUT2D eigenvalue weighted by Gasteiger charge is 2.38. The van der Waals surface area contributed by atoms with Crippen molar-refractivity contribution in [2.24, 2.45) is 7.05 Å². The van der Waals surface area contributed by atoms with Gasteiger partial charge in [0.1, 0.15) is 5.69 Å². The number of hydrogen-bond donors (Lipinski definition) is 1. The first-order valence-corrected chi connectivity index (χ1v) is 7.31. The zero-order valence-corrected chi connectivity index (χ0v) is 13.3. The van der Waals surface area contributed by atoms with Crippen molar-refractivity contribution in [3.8, 4) is 0 Å². The van der Waals surface area contributed by atoms with E-state index in [1.165, 1.54) is 0 Å². The van der Waals surface area contributed by atoms with E-state index < -0.39 is 0 Å². The summed E-state index contributed by atoms with van der Waals surface area (Å²) in [7, 11) is 1.93. The van der Waals surface area contributed by atoms with Gasteiger partial charge < -0.3 is 14.8 Å². The third-order valence-electron chi connectivity index (χ3n) is 4.08. The molecule has 3 heterocycles. The summed E-state index contributed by atoms with van der Waals surface area (Å²) in [5.74, 6) is 0.180. The highest BCUT2D eigenvalue weighted by molar-refractivity contribution is 9.10. The lowest BCUT2D eigenvalue weighted by Crippen LogP contribution is -2.43. The van der Waals surface area contributed by atoms with Crippen LogP contribution in [0.2, 0.25) is 0 Å². The van der Waals surface area contributed by atoms with Crippen molar-refractivity contribution >= 4 is 34.2 Å². The molecule has 4 nitrogen and oxygen atoms in total. The Hall–Kier alpha value is -0.520. The molecule has 0 aliphatic carbocycles. The third-order valence-corrected chi connectivity index (χ3v) is 4.51. The van der Waals surface area contributed by atoms with Crippen LogP contribution < -0.4 is 5.32 Å². The van der Waals surface area contributed by atoms with Crippen LogP contribution in [0.1, 0.15) is 29.8 Å². The largest absolute Gasteiger partial charge is 0.345 e. The lowest BCUT2D eigenvalue weighted by Gasteiger charge is -2.28. The maximum absolute atomic E-state index is 12.7. The quantitative estimate of drug-likeness (QED) is 0.844. The summed E-state index contributed by atoms with van der Waals surface area (Å²) in [5, 5.41) is 3.42. The predicted octanol–water partition coefficient (Wildman–Crippen LogP) is 2.18. The van der Waals surface area contributed by atoms with Crippen molar-refractivity contribution in [2.75, 3.05) is 13.1 Å². The Morgan fingerprint density at radius 2 is 2.11 bits per heavy atom. The number of hydrogen-bond acceptors (Lipinski definition) is 2. The van der Waals surface area contributed by atoms with Crippen molar-refractivity contribution < 1.29 is 4.79 Å². The highest BCUT2D eigenvalue weighted by Crippen LogP contribution is 2.30. The first kappa shape index (κ1) is 14.9. The molecular formula is C13H19BrClN3O. The normalized spacial score (nSPS) is 25.9. The molecule has 0 radical (unpaired) electrons. The molecule has 0 spiro atoms. The molecule has 6 heteroatoms. The Kier molecular flexibility index (Phi) is 4.58. The van der Waals surface area contributed by atoms with Crippen LogP contribution in [0, 0.1) is 0 Å². The van der Waals surface area contributed by atoms with Crippen molar-refractivity contribution in [2.45, 2.75) is 31.3 Å². The number of amides is 1. The molecule has 0 saturated carbocycles. The zero-order chi connectivity index (χ0) is 12.7. The molecule has 3 rings (SSSR count). The molecule has 1 N–H and O–H groups in total. The number of nitrogens with zero attached hydrogens (tertiary/aromatic N) is 2. The Labute approximate surface area is 128 Å². The van der Waals surface area contributed by atoms with E-state index in [0.29, 0.717) is 12.1 Å². The van der Waals surface area contributed by atoms with Gasteiger partial charge in [-0.15, -0.1) is 12.4 Å². The van der Waals surface area contributed by atoms with Crippen LogP contribution in [0.5, 0.6) is 0 Å². The van der Waals surface area contributed by atoms with E-state index in [4.69, 9.17) is 0 Å². The van der Waals surface area contributed by atoms with Gasteiger partial charge in [0.25, 0.3) is 5.91 Å². The molecule has 2 saturated heterocycles. The number of aromatic nitrogens is 1. The first-order chi connectivity index (χ1) is 8.66. The van der Waals surface area contributed by atoms with E-state index in [0.717, 1.165) is 42.5 Å². The van der Waals surface area contributed by atoms with Crippen LogP contribution >= 0.6 is 28.3 Å². The maximum Gasteiger partial charge on any atom is 0.271 e. The Morgan fingerprint density at radius 3 is 2.79 bits per heavy atom. The number of nitrogens with one attached hydrogen (secondary N) is 1. The average Bonchev–Trinajstić information content (AvgIpc) is 2.76. The number of aryl methyl sites for hydroxylation is 1. The van der Waals surface area contributed by atoms with Gasteiger partial charge in [0.2, 0.25) is 0 Å². The van der Waals surface area contributed by atoms with Crippen molar-refractivity contribution in [3.63, 3.8) is 0 Å². The molecule has 1 amide bonds. The zero-order valence-electron chi connectivity index (χ0n) is 10.9. The lowest BCUT2D eigenvalue weighted by molar-refractivity contribution is 0.0670. The summed E-state index contributed by atoms with van der Waals surface area (Å²) >= 11 is 3.43. The molecule has 2 aliphatic heterocycles. The molecule has 2 fully saturated rings. The topological polar surface area (TPSA) is 37.3 Å². The molecule has 19 heavy (non-hydrogen) atoms. The minimum absolute atomic E-state index is 0. The van der Waals surface area contributed by atoms with E-state index in [1.54, 1.807) is 0 Å². The predicted molar refractivity (Wildman–Crippen MR) is 80.8 cm³/mol. The van der Waals surface area contributed by atoms with Gasteiger partial charge >= 0.3 is 0 Å². The number of fused-ring (bicyclic) bond motifs is 2. The molecular weight excluding hydrogens is 330 g/mol. The minimum Gasteiger partial charge on any atom is -0.345 e. The smallest absolute Gasteiger partial charge is 0.271 e. The summed E-state index contributed by atoms with van der Waals surface area (Å²) < 4.78 is 2.87. The van der Waals surface area contributed by atoms with Crippen LogP contribution in [0.3, 0.4) is 0 Å². The highest BCUT2D eigenvalue weighted by atomic mass is 79.9. The summed E-state index contributed by atoms with van der Waals surface area (Å²) in [5.41, 5.74) is 0.778. The maximum atomic E-state index is 12.7. The molecule has 2 bridgehead atoms. The minimum atomic E-state index is 0. The van der Waals surface area contributed by atoms with Crippen LogP contribution in [-0.2, 0) is 7.05 Å². The summed E-state index contributed by atoms with van der Waals surface area (Å²) in [6.45, 7) is 1.97. The second-order valence-electron chi connectivity index (χ2n) is 5.24. The SMILES string of the molecule is Cl.Cn1cc(Br)cc1C(=O)N1C2CCNCC1CC2. The number of halogens is 2. The molecule has 2 atom stereocenters. The summed E-state index contributed by atoms with van der Waals surface area (Å²) in [6.07, 6.45) is 5.30. The fourth-order valence-corrected chi connectivity index (χ4v) is 3.71. The lowest BCUT2D eigenvalue weighted by atomic mass is 10.1. The van der Waals surface area contributed by atoms with E-state index in [1.807, 2.05) is 23.9 Å². The van der Waals surface area contributed by atoms with Gasteiger partial charge in [-0.05, 0) is 47.8 Å². The fraction of sp³-hybridized carbons (Fsp3) is 0.615. The van der Waals surface area contributed by atoms with Crippen molar-refractivity contribution in [3.05, 3.63) is 22.4 Å². The first-order valence-electron chi connectivity index (χ1n) is 6.52. The average molecular weight is 349 g/mol. The van der Waals surface area contributed by atoms with Gasteiger partial charge in [-0.3, -0.25) is 4.79 Å². The Morgan fingerprint density at radius 1 is 1.37 bits per heavy atom. The van der Waals surface area contributed by atoms with Crippen LogP contribution in [0.25, 0.3) is 0 Å². The Balaban J connectivity index is 0.00000133. The van der Waals surface area contributed by atoms with Crippen LogP contribution in [-0.4, -0.2) is 40.5 Å². The monoisotopic (exact) mass is 347 g/mol. The van der Waals surface area contributed by atoms with Crippen molar-refractivity contribution in [1.29, 1.82) is 0 Å². The molecule has 2 aliphatic rings. The molecule has 0 aromatic carbocycles. The van der Waals surface area contributed by atoms with E-state index in [9.17, 15) is 4.79 Å². The van der Waals surface area contributed by atoms with Gasteiger partial charge in [0.05, 0.1) is 0 Å². The number of carbonyl (C=O) groups excluding carboxylic acids is 1. The van der Waals surface area contributed by atoms with Gasteiger partial charge in [0, 0.05) is 36.3 Å². The standard InChI is InChI=1S/C13H18BrN3O.ClH/c1-16-8-9(14)6-12(16)13(18)17-10-2-3-11(17)7-15-5-4-10;/h6,8,10-11,15H,2-5,7H2,1H3;1H. The van der Waals surface area contributed by atoms with Gasteiger partial charge in [-0.2, -0.15) is 0 Å². The van der Waals surface area contributed by atoms with E-state index in [2.05, 4.69) is 26.1 Å². The molecule has 106 valence electrons. The molecule has 2 unspecified atom stereocenters. The molecule has 1 aromatic rings.